The third-order valence-corrected chi connectivity index (χ3v) is 1.57. The van der Waals surface area contributed by atoms with Crippen LogP contribution >= 0.6 is 0 Å². The Hall–Kier alpha value is -2.10. The van der Waals surface area contributed by atoms with Crippen LogP contribution in [0.4, 0.5) is 0 Å². The highest BCUT2D eigenvalue weighted by Crippen LogP contribution is 1.99. The molecule has 0 bridgehead atoms. The van der Waals surface area contributed by atoms with E-state index in [1.807, 2.05) is 30.3 Å². The van der Waals surface area contributed by atoms with E-state index >= 15 is 0 Å². The summed E-state index contributed by atoms with van der Waals surface area (Å²) >= 11 is 0. The predicted octanol–water partition coefficient (Wildman–Crippen LogP) is 2.35. The molecular formula is C13H16O4. The maximum atomic E-state index is 10.1. The molecule has 17 heavy (non-hydrogen) atoms. The minimum atomic E-state index is -0.922. The average Bonchev–Trinajstić information content (AvgIpc) is 2.28. The molecule has 0 saturated carbocycles. The fraction of sp³-hybridized carbons (Fsp3) is 0.231. The van der Waals surface area contributed by atoms with Crippen LogP contribution in [0, 0.1) is 0 Å². The summed E-state index contributed by atoms with van der Waals surface area (Å²) in [6.45, 7) is 3.65. The van der Waals surface area contributed by atoms with E-state index in [2.05, 4.69) is 4.74 Å². The van der Waals surface area contributed by atoms with Gasteiger partial charge in [-0.15, -0.1) is 0 Å². The molecule has 0 atom stereocenters. The second-order valence-corrected chi connectivity index (χ2v) is 3.01. The lowest BCUT2D eigenvalue weighted by Gasteiger charge is -1.89. The predicted molar refractivity (Wildman–Crippen MR) is 65.4 cm³/mol. The van der Waals surface area contributed by atoms with Crippen molar-refractivity contribution in [3.8, 4) is 0 Å². The van der Waals surface area contributed by atoms with Gasteiger partial charge in [0.15, 0.2) is 0 Å². The number of carboxylic acids is 1. The number of hydrogen-bond acceptors (Lipinski definition) is 3. The van der Waals surface area contributed by atoms with Crippen molar-refractivity contribution in [1.29, 1.82) is 0 Å². The highest BCUT2D eigenvalue weighted by molar-refractivity contribution is 5.85. The lowest BCUT2D eigenvalue weighted by Crippen LogP contribution is -1.95. The highest BCUT2D eigenvalue weighted by atomic mass is 16.5. The van der Waals surface area contributed by atoms with Crippen LogP contribution in [0.3, 0.4) is 0 Å². The van der Waals surface area contributed by atoms with E-state index in [1.54, 1.807) is 13.0 Å². The molecule has 0 aromatic heterocycles. The topological polar surface area (TPSA) is 63.6 Å². The molecule has 1 aromatic carbocycles. The Kier molecular flexibility index (Phi) is 8.02. The zero-order valence-corrected chi connectivity index (χ0v) is 9.92. The molecule has 0 heterocycles. The smallest absolute Gasteiger partial charge is 0.328 e. The summed E-state index contributed by atoms with van der Waals surface area (Å²) in [5.74, 6) is -1.13. The Morgan fingerprint density at radius 1 is 1.29 bits per heavy atom. The molecule has 1 rings (SSSR count). The maximum absolute atomic E-state index is 10.1. The van der Waals surface area contributed by atoms with E-state index in [4.69, 9.17) is 5.11 Å². The molecule has 0 aliphatic heterocycles. The second-order valence-electron chi connectivity index (χ2n) is 3.01. The second kappa shape index (κ2) is 9.15. The van der Waals surface area contributed by atoms with Crippen LogP contribution in [0.15, 0.2) is 36.4 Å². The van der Waals surface area contributed by atoms with Crippen LogP contribution in [0.1, 0.15) is 19.4 Å². The van der Waals surface area contributed by atoms with E-state index in [0.717, 1.165) is 11.6 Å². The maximum Gasteiger partial charge on any atom is 0.328 e. The van der Waals surface area contributed by atoms with Gasteiger partial charge in [-0.05, 0) is 18.6 Å². The zero-order valence-electron chi connectivity index (χ0n) is 9.92. The number of esters is 1. The molecule has 1 N–H and O–H groups in total. The number of rotatable bonds is 3. The number of carbonyl (C=O) groups excluding carboxylic acids is 1. The van der Waals surface area contributed by atoms with E-state index in [1.165, 1.54) is 6.92 Å². The van der Waals surface area contributed by atoms with E-state index in [9.17, 15) is 9.59 Å². The fourth-order valence-electron chi connectivity index (χ4n) is 0.935. The molecule has 0 radical (unpaired) electrons. The fourth-order valence-corrected chi connectivity index (χ4v) is 0.935. The highest BCUT2D eigenvalue weighted by Gasteiger charge is 1.86. The molecule has 0 saturated heterocycles. The van der Waals surface area contributed by atoms with Crippen molar-refractivity contribution in [1.82, 2.24) is 0 Å². The van der Waals surface area contributed by atoms with Gasteiger partial charge in [0.25, 0.3) is 0 Å². The molecule has 0 fully saturated rings. The van der Waals surface area contributed by atoms with Gasteiger partial charge in [0.1, 0.15) is 0 Å². The van der Waals surface area contributed by atoms with Gasteiger partial charge in [-0.1, -0.05) is 30.3 Å². The molecule has 0 spiro atoms. The van der Waals surface area contributed by atoms with Crippen molar-refractivity contribution >= 4 is 18.0 Å². The SMILES string of the molecule is CCOC(C)=O.O=C(O)/C=C\c1ccccc1. The number of carbonyl (C=O) groups is 2. The Labute approximate surface area is 101 Å². The summed E-state index contributed by atoms with van der Waals surface area (Å²) in [6.07, 6.45) is 2.68. The molecule has 1 aromatic rings. The Bertz CT molecular complexity index is 368. The monoisotopic (exact) mass is 236 g/mol. The van der Waals surface area contributed by atoms with Gasteiger partial charge in [-0.25, -0.2) is 4.79 Å². The van der Waals surface area contributed by atoms with Crippen molar-refractivity contribution in [3.63, 3.8) is 0 Å². The molecule has 0 amide bonds. The number of ether oxygens (including phenoxy) is 1. The largest absolute Gasteiger partial charge is 0.478 e. The van der Waals surface area contributed by atoms with Crippen molar-refractivity contribution in [2.45, 2.75) is 13.8 Å². The number of hydrogen-bond donors (Lipinski definition) is 1. The van der Waals surface area contributed by atoms with E-state index in [-0.39, 0.29) is 5.97 Å². The average molecular weight is 236 g/mol. The van der Waals surface area contributed by atoms with Crippen LogP contribution in [0.2, 0.25) is 0 Å². The molecule has 4 heteroatoms. The minimum Gasteiger partial charge on any atom is -0.478 e. The molecule has 4 nitrogen and oxygen atoms in total. The van der Waals surface area contributed by atoms with Crippen LogP contribution in [0.5, 0.6) is 0 Å². The van der Waals surface area contributed by atoms with Gasteiger partial charge >= 0.3 is 11.9 Å². The molecular weight excluding hydrogens is 220 g/mol. The molecule has 0 unspecified atom stereocenters. The molecule has 92 valence electrons. The third-order valence-electron chi connectivity index (χ3n) is 1.57. The van der Waals surface area contributed by atoms with Gasteiger partial charge in [-0.2, -0.15) is 0 Å². The van der Waals surface area contributed by atoms with Crippen LogP contribution < -0.4 is 0 Å². The van der Waals surface area contributed by atoms with E-state index < -0.39 is 5.97 Å². The third kappa shape index (κ3) is 10.2. The summed E-state index contributed by atoms with van der Waals surface area (Å²) in [5.41, 5.74) is 0.898. The van der Waals surface area contributed by atoms with Crippen LogP contribution in [-0.2, 0) is 14.3 Å². The number of carboxylic acid groups (broad SMARTS) is 1. The molecule has 0 aliphatic rings. The summed E-state index contributed by atoms with van der Waals surface area (Å²) in [4.78, 5) is 19.9. The van der Waals surface area contributed by atoms with E-state index in [0.29, 0.717) is 6.61 Å². The first kappa shape index (κ1) is 14.9. The summed E-state index contributed by atoms with van der Waals surface area (Å²) in [5, 5.41) is 8.29. The van der Waals surface area contributed by atoms with Crippen LogP contribution in [-0.4, -0.2) is 23.7 Å². The van der Waals surface area contributed by atoms with Gasteiger partial charge in [-0.3, -0.25) is 4.79 Å². The van der Waals surface area contributed by atoms with Gasteiger partial charge in [0.2, 0.25) is 0 Å². The quantitative estimate of drug-likeness (QED) is 0.646. The Morgan fingerprint density at radius 2 is 1.88 bits per heavy atom. The van der Waals surface area contributed by atoms with Gasteiger partial charge in [0.05, 0.1) is 6.61 Å². The number of benzene rings is 1. The summed E-state index contributed by atoms with van der Waals surface area (Å²) < 4.78 is 4.40. The van der Waals surface area contributed by atoms with Crippen molar-refractivity contribution in [3.05, 3.63) is 42.0 Å². The lowest BCUT2D eigenvalue weighted by atomic mass is 10.2. The first-order valence-electron chi connectivity index (χ1n) is 5.15. The zero-order chi connectivity index (χ0) is 13.1. The Balaban J connectivity index is 0.000000366. The van der Waals surface area contributed by atoms with Crippen LogP contribution in [0.25, 0.3) is 6.08 Å². The summed E-state index contributed by atoms with van der Waals surface area (Å²) in [6, 6.07) is 9.31. The van der Waals surface area contributed by atoms with Crippen molar-refractivity contribution in [2.24, 2.45) is 0 Å². The van der Waals surface area contributed by atoms with Crippen molar-refractivity contribution < 1.29 is 19.4 Å². The lowest BCUT2D eigenvalue weighted by molar-refractivity contribution is -0.140. The first-order valence-corrected chi connectivity index (χ1v) is 5.15. The summed E-state index contributed by atoms with van der Waals surface area (Å²) in [7, 11) is 0. The first-order chi connectivity index (χ1) is 8.06. The minimum absolute atomic E-state index is 0.211. The van der Waals surface area contributed by atoms with Gasteiger partial charge in [0, 0.05) is 13.0 Å². The Morgan fingerprint density at radius 3 is 2.24 bits per heavy atom. The standard InChI is InChI=1S/C9H8O2.C4H8O2/c10-9(11)7-6-8-4-2-1-3-5-8;1-3-6-4(2)5/h1-7H,(H,10,11);3H2,1-2H3/b7-6-;. The molecule has 0 aliphatic carbocycles. The number of aliphatic carboxylic acids is 1. The van der Waals surface area contributed by atoms with Gasteiger partial charge < -0.3 is 9.84 Å². The van der Waals surface area contributed by atoms with Crippen molar-refractivity contribution in [2.75, 3.05) is 6.61 Å². The normalized spacial score (nSPS) is 9.29.